The second-order valence-corrected chi connectivity index (χ2v) is 8.65. The molecular weight excluding hydrogens is 428 g/mol. The minimum absolute atomic E-state index is 0.0863. The van der Waals surface area contributed by atoms with E-state index in [0.717, 1.165) is 23.6 Å². The molecule has 162 valence electrons. The van der Waals surface area contributed by atoms with Crippen LogP contribution >= 0.6 is 11.6 Å². The van der Waals surface area contributed by atoms with Crippen LogP contribution in [-0.2, 0) is 9.59 Å². The SMILES string of the molecule is O=C(CN1C[C@@H](C(=O)Nc2cncc3ccccc23)c2cc(Cl)ccc2C1=O)NC1CC1. The molecule has 0 saturated heterocycles. The van der Waals surface area contributed by atoms with E-state index in [1.54, 1.807) is 30.6 Å². The standard InChI is InChI=1S/C24H21ClN4O3/c25-15-5-8-18-19(9-15)20(12-29(24(18)32)13-22(30)27-16-6-7-16)23(31)28-21-11-26-10-14-3-1-2-4-17(14)21/h1-5,8-11,16,20H,6-7,12-13H2,(H,27,30)(H,28,31)/t20-/m1/s1. The van der Waals surface area contributed by atoms with Crippen molar-refractivity contribution >= 4 is 45.8 Å². The lowest BCUT2D eigenvalue weighted by atomic mass is 9.88. The monoisotopic (exact) mass is 448 g/mol. The van der Waals surface area contributed by atoms with Crippen LogP contribution in [0.2, 0.25) is 5.02 Å². The zero-order chi connectivity index (χ0) is 22.2. The number of halogens is 1. The van der Waals surface area contributed by atoms with Crippen LogP contribution in [-0.4, -0.2) is 46.7 Å². The van der Waals surface area contributed by atoms with Gasteiger partial charge in [-0.15, -0.1) is 0 Å². The molecule has 5 rings (SSSR count). The maximum Gasteiger partial charge on any atom is 0.254 e. The van der Waals surface area contributed by atoms with Crippen LogP contribution < -0.4 is 10.6 Å². The van der Waals surface area contributed by atoms with E-state index in [0.29, 0.717) is 21.8 Å². The van der Waals surface area contributed by atoms with Crippen molar-refractivity contribution in [2.45, 2.75) is 24.8 Å². The van der Waals surface area contributed by atoms with Crippen molar-refractivity contribution in [3.05, 3.63) is 71.0 Å². The highest BCUT2D eigenvalue weighted by molar-refractivity contribution is 6.30. The molecule has 2 aromatic carbocycles. The fourth-order valence-corrected chi connectivity index (χ4v) is 4.24. The van der Waals surface area contributed by atoms with E-state index in [1.807, 2.05) is 24.3 Å². The first kappa shape index (κ1) is 20.5. The lowest BCUT2D eigenvalue weighted by molar-refractivity contribution is -0.123. The number of aromatic nitrogens is 1. The normalized spacial score (nSPS) is 17.7. The molecule has 0 unspecified atom stereocenters. The summed E-state index contributed by atoms with van der Waals surface area (Å²) in [5.41, 5.74) is 1.54. The topological polar surface area (TPSA) is 91.4 Å². The third-order valence-electron chi connectivity index (χ3n) is 5.83. The third-order valence-corrected chi connectivity index (χ3v) is 6.06. The van der Waals surface area contributed by atoms with E-state index < -0.39 is 5.92 Å². The number of amides is 3. The number of nitrogens with zero attached hydrogens (tertiary/aromatic N) is 2. The Kier molecular flexibility index (Phi) is 5.27. The van der Waals surface area contributed by atoms with Gasteiger partial charge in [-0.1, -0.05) is 35.9 Å². The molecule has 0 radical (unpaired) electrons. The average Bonchev–Trinajstić information content (AvgIpc) is 3.59. The largest absolute Gasteiger partial charge is 0.352 e. The van der Waals surface area contributed by atoms with Gasteiger partial charge in [-0.2, -0.15) is 0 Å². The molecule has 1 aliphatic heterocycles. The zero-order valence-electron chi connectivity index (χ0n) is 17.2. The van der Waals surface area contributed by atoms with Gasteiger partial charge in [-0.25, -0.2) is 0 Å². The van der Waals surface area contributed by atoms with Gasteiger partial charge in [-0.05, 0) is 36.6 Å². The minimum atomic E-state index is -0.672. The predicted molar refractivity (Wildman–Crippen MR) is 122 cm³/mol. The number of carbonyl (C=O) groups excluding carboxylic acids is 3. The van der Waals surface area contributed by atoms with Crippen molar-refractivity contribution in [3.63, 3.8) is 0 Å². The number of hydrogen-bond acceptors (Lipinski definition) is 4. The van der Waals surface area contributed by atoms with Gasteiger partial charge in [0.2, 0.25) is 11.8 Å². The smallest absolute Gasteiger partial charge is 0.254 e. The van der Waals surface area contributed by atoms with Crippen LogP contribution in [0.4, 0.5) is 5.69 Å². The van der Waals surface area contributed by atoms with Gasteiger partial charge in [0.05, 0.1) is 24.3 Å². The second-order valence-electron chi connectivity index (χ2n) is 8.21. The summed E-state index contributed by atoms with van der Waals surface area (Å²) in [5, 5.41) is 8.08. The first-order valence-corrected chi connectivity index (χ1v) is 10.9. The summed E-state index contributed by atoms with van der Waals surface area (Å²) in [6.45, 7) is 0.00525. The van der Waals surface area contributed by atoms with Gasteiger partial charge < -0.3 is 15.5 Å². The number of anilines is 1. The highest BCUT2D eigenvalue weighted by atomic mass is 35.5. The third kappa shape index (κ3) is 4.03. The molecule has 1 fully saturated rings. The summed E-state index contributed by atoms with van der Waals surface area (Å²) in [4.78, 5) is 44.4. The zero-order valence-corrected chi connectivity index (χ0v) is 17.9. The lowest BCUT2D eigenvalue weighted by Gasteiger charge is -2.33. The summed E-state index contributed by atoms with van der Waals surface area (Å²) >= 11 is 6.19. The van der Waals surface area contributed by atoms with Crippen LogP contribution in [0.3, 0.4) is 0 Å². The van der Waals surface area contributed by atoms with Crippen LogP contribution in [0.5, 0.6) is 0 Å². The Balaban J connectivity index is 1.44. The molecule has 8 heteroatoms. The average molecular weight is 449 g/mol. The maximum absolute atomic E-state index is 13.4. The van der Waals surface area contributed by atoms with Crippen molar-refractivity contribution in [1.29, 1.82) is 0 Å². The Morgan fingerprint density at radius 1 is 1.12 bits per heavy atom. The molecule has 32 heavy (non-hydrogen) atoms. The number of carbonyl (C=O) groups is 3. The molecule has 0 spiro atoms. The molecule has 1 aliphatic carbocycles. The summed E-state index contributed by atoms with van der Waals surface area (Å²) in [7, 11) is 0. The van der Waals surface area contributed by atoms with Gasteiger partial charge in [0.1, 0.15) is 0 Å². The second kappa shape index (κ2) is 8.24. The summed E-state index contributed by atoms with van der Waals surface area (Å²) in [5.74, 6) is -1.45. The number of benzene rings is 2. The van der Waals surface area contributed by atoms with Crippen molar-refractivity contribution in [2.24, 2.45) is 0 Å². The maximum atomic E-state index is 13.4. The molecule has 7 nitrogen and oxygen atoms in total. The van der Waals surface area contributed by atoms with E-state index in [1.165, 1.54) is 4.90 Å². The highest BCUT2D eigenvalue weighted by Crippen LogP contribution is 2.32. The number of pyridine rings is 1. The van der Waals surface area contributed by atoms with E-state index in [-0.39, 0.29) is 36.9 Å². The highest BCUT2D eigenvalue weighted by Gasteiger charge is 2.37. The summed E-state index contributed by atoms with van der Waals surface area (Å²) < 4.78 is 0. The molecule has 2 heterocycles. The van der Waals surface area contributed by atoms with Crippen molar-refractivity contribution < 1.29 is 14.4 Å². The van der Waals surface area contributed by atoms with Crippen molar-refractivity contribution in [1.82, 2.24) is 15.2 Å². The van der Waals surface area contributed by atoms with E-state index in [2.05, 4.69) is 15.6 Å². The van der Waals surface area contributed by atoms with Gasteiger partial charge in [0.15, 0.2) is 0 Å². The van der Waals surface area contributed by atoms with Crippen LogP contribution in [0.25, 0.3) is 10.8 Å². The number of fused-ring (bicyclic) bond motifs is 2. The molecule has 1 atom stereocenters. The molecule has 3 aromatic rings. The van der Waals surface area contributed by atoms with E-state index in [4.69, 9.17) is 11.6 Å². The quantitative estimate of drug-likeness (QED) is 0.626. The lowest BCUT2D eigenvalue weighted by Crippen LogP contribution is -2.48. The Bertz CT molecular complexity index is 1240. The first-order chi connectivity index (χ1) is 15.5. The molecule has 3 amide bonds. The van der Waals surface area contributed by atoms with Crippen LogP contribution in [0.1, 0.15) is 34.7 Å². The fraction of sp³-hybridized carbons (Fsp3) is 0.250. The van der Waals surface area contributed by atoms with Crippen molar-refractivity contribution in [3.8, 4) is 0 Å². The minimum Gasteiger partial charge on any atom is -0.352 e. The van der Waals surface area contributed by atoms with E-state index in [9.17, 15) is 14.4 Å². The molecule has 1 aromatic heterocycles. The number of hydrogen-bond donors (Lipinski definition) is 2. The van der Waals surface area contributed by atoms with Gasteiger partial charge in [-0.3, -0.25) is 19.4 Å². The Labute approximate surface area is 189 Å². The van der Waals surface area contributed by atoms with E-state index >= 15 is 0 Å². The van der Waals surface area contributed by atoms with Crippen LogP contribution in [0, 0.1) is 0 Å². The molecular formula is C24H21ClN4O3. The molecule has 0 bridgehead atoms. The van der Waals surface area contributed by atoms with Gasteiger partial charge >= 0.3 is 0 Å². The van der Waals surface area contributed by atoms with Gasteiger partial charge in [0.25, 0.3) is 5.91 Å². The molecule has 2 aliphatic rings. The molecule has 2 N–H and O–H groups in total. The summed E-state index contributed by atoms with van der Waals surface area (Å²) in [6.07, 6.45) is 5.27. The Hall–Kier alpha value is -3.45. The number of rotatable bonds is 5. The number of nitrogens with one attached hydrogen (secondary N) is 2. The molecule has 1 saturated carbocycles. The Morgan fingerprint density at radius 2 is 1.94 bits per heavy atom. The fourth-order valence-electron chi connectivity index (χ4n) is 4.06. The van der Waals surface area contributed by atoms with Crippen LogP contribution in [0.15, 0.2) is 54.9 Å². The van der Waals surface area contributed by atoms with Crippen molar-refractivity contribution in [2.75, 3.05) is 18.4 Å². The first-order valence-electron chi connectivity index (χ1n) is 10.5. The van der Waals surface area contributed by atoms with Gasteiger partial charge in [0, 0.05) is 40.1 Å². The predicted octanol–water partition coefficient (Wildman–Crippen LogP) is 3.34. The Morgan fingerprint density at radius 3 is 2.75 bits per heavy atom. The summed E-state index contributed by atoms with van der Waals surface area (Å²) in [6, 6.07) is 12.7.